The van der Waals surface area contributed by atoms with Gasteiger partial charge in [0.15, 0.2) is 5.78 Å². The summed E-state index contributed by atoms with van der Waals surface area (Å²) in [7, 11) is 0. The van der Waals surface area contributed by atoms with E-state index in [0.717, 1.165) is 41.5 Å². The number of benzene rings is 1. The number of fused-ring (bicyclic) bond motifs is 2. The van der Waals surface area contributed by atoms with E-state index in [-0.39, 0.29) is 18.3 Å². The van der Waals surface area contributed by atoms with E-state index in [0.29, 0.717) is 32.6 Å². The van der Waals surface area contributed by atoms with Crippen molar-refractivity contribution in [1.82, 2.24) is 4.98 Å². The van der Waals surface area contributed by atoms with E-state index in [1.165, 1.54) is 0 Å². The Morgan fingerprint density at radius 2 is 2.07 bits per heavy atom. The third kappa shape index (κ3) is 3.64. The van der Waals surface area contributed by atoms with Gasteiger partial charge in [0, 0.05) is 37.0 Å². The molecule has 1 N–H and O–H groups in total. The molecule has 1 unspecified atom stereocenters. The predicted octanol–water partition coefficient (Wildman–Crippen LogP) is 2.26. The summed E-state index contributed by atoms with van der Waals surface area (Å²) in [5.41, 5.74) is 3.60. The molecule has 4 heterocycles. The molecule has 0 radical (unpaired) electrons. The molecule has 0 saturated carbocycles. The molecule has 8 nitrogen and oxygen atoms in total. The molecule has 3 aliphatic heterocycles. The van der Waals surface area contributed by atoms with Crippen LogP contribution in [0.25, 0.3) is 0 Å². The first-order valence-electron chi connectivity index (χ1n) is 10.3. The fraction of sp³-hybridized carbons (Fsp3) is 0.409. The Morgan fingerprint density at radius 1 is 1.20 bits per heavy atom. The molecule has 1 aromatic carbocycles. The minimum Gasteiger partial charge on any atom is -0.378 e. The monoisotopic (exact) mass is 408 g/mol. The van der Waals surface area contributed by atoms with Crippen molar-refractivity contribution < 1.29 is 19.1 Å². The van der Waals surface area contributed by atoms with E-state index in [4.69, 9.17) is 9.47 Å². The van der Waals surface area contributed by atoms with Gasteiger partial charge >= 0.3 is 0 Å². The number of nitrogens with zero attached hydrogens (tertiary/aromatic N) is 3. The molecular weight excluding hydrogens is 384 g/mol. The summed E-state index contributed by atoms with van der Waals surface area (Å²) >= 11 is 0. The number of ketones is 1. The second-order valence-corrected chi connectivity index (χ2v) is 7.74. The van der Waals surface area contributed by atoms with Gasteiger partial charge in [-0.3, -0.25) is 9.59 Å². The number of morpholine rings is 1. The van der Waals surface area contributed by atoms with Crippen LogP contribution in [0.15, 0.2) is 36.5 Å². The largest absolute Gasteiger partial charge is 0.378 e. The summed E-state index contributed by atoms with van der Waals surface area (Å²) in [4.78, 5) is 33.5. The minimum atomic E-state index is -0.610. The highest BCUT2D eigenvalue weighted by molar-refractivity contribution is 6.02. The van der Waals surface area contributed by atoms with Crippen molar-refractivity contribution in [2.24, 2.45) is 0 Å². The molecule has 5 rings (SSSR count). The molecule has 0 spiro atoms. The number of ether oxygens (including phenoxy) is 2. The van der Waals surface area contributed by atoms with Crippen molar-refractivity contribution in [1.29, 1.82) is 0 Å². The molecule has 1 amide bonds. The van der Waals surface area contributed by atoms with Crippen molar-refractivity contribution in [3.63, 3.8) is 0 Å². The van der Waals surface area contributed by atoms with E-state index >= 15 is 0 Å². The van der Waals surface area contributed by atoms with E-state index in [1.54, 1.807) is 11.1 Å². The van der Waals surface area contributed by atoms with Crippen molar-refractivity contribution >= 4 is 34.6 Å². The smallest absolute Gasteiger partial charge is 0.256 e. The van der Waals surface area contributed by atoms with Gasteiger partial charge in [0.1, 0.15) is 18.5 Å². The molecule has 0 bridgehead atoms. The van der Waals surface area contributed by atoms with Gasteiger partial charge in [-0.15, -0.1) is 0 Å². The van der Waals surface area contributed by atoms with Crippen LogP contribution in [-0.2, 0) is 25.6 Å². The van der Waals surface area contributed by atoms with Gasteiger partial charge < -0.3 is 24.6 Å². The minimum absolute atomic E-state index is 0.00130. The lowest BCUT2D eigenvalue weighted by atomic mass is 10.1. The third-order valence-electron chi connectivity index (χ3n) is 5.79. The molecule has 3 aliphatic rings. The highest BCUT2D eigenvalue weighted by atomic mass is 16.5. The Labute approximate surface area is 174 Å². The number of Topliss-reactive ketones (excluding diaryl/α,β-unsaturated/α-hetero) is 1. The van der Waals surface area contributed by atoms with Crippen LogP contribution in [0, 0.1) is 0 Å². The van der Waals surface area contributed by atoms with Gasteiger partial charge in [-0.25, -0.2) is 4.98 Å². The fourth-order valence-corrected chi connectivity index (χ4v) is 4.14. The van der Waals surface area contributed by atoms with Crippen molar-refractivity contribution in [2.75, 3.05) is 48.0 Å². The number of aromatic nitrogens is 1. The van der Waals surface area contributed by atoms with Gasteiger partial charge in [-0.1, -0.05) is 6.07 Å². The standard InChI is InChI=1S/C22H24N4O4/c27-17-4-6-20(30-14-17)22(28)26-13-15-2-1-7-23-21(15)24-18-5-3-16(12-19(18)26)25-8-10-29-11-9-25/h1-3,5,7,12,20H,4,6,8-11,13-14H2,(H,23,24). The number of pyridine rings is 1. The quantitative estimate of drug-likeness (QED) is 0.816. The predicted molar refractivity (Wildman–Crippen MR) is 112 cm³/mol. The zero-order valence-corrected chi connectivity index (χ0v) is 16.7. The molecule has 1 atom stereocenters. The van der Waals surface area contributed by atoms with Gasteiger partial charge in [-0.05, 0) is 30.7 Å². The lowest BCUT2D eigenvalue weighted by Crippen LogP contribution is -2.43. The highest BCUT2D eigenvalue weighted by Gasteiger charge is 2.33. The molecule has 2 aromatic rings. The first-order valence-corrected chi connectivity index (χ1v) is 10.3. The zero-order valence-electron chi connectivity index (χ0n) is 16.7. The maximum Gasteiger partial charge on any atom is 0.256 e. The Bertz CT molecular complexity index is 963. The summed E-state index contributed by atoms with van der Waals surface area (Å²) in [6.45, 7) is 3.41. The fourth-order valence-electron chi connectivity index (χ4n) is 4.14. The number of amides is 1. The van der Waals surface area contributed by atoms with Crippen LogP contribution < -0.4 is 15.1 Å². The summed E-state index contributed by atoms with van der Waals surface area (Å²) in [6.07, 6.45) is 1.92. The molecule has 1 aromatic heterocycles. The van der Waals surface area contributed by atoms with Gasteiger partial charge in [0.25, 0.3) is 5.91 Å². The second kappa shape index (κ2) is 8.04. The topological polar surface area (TPSA) is 84.0 Å². The van der Waals surface area contributed by atoms with E-state index in [1.807, 2.05) is 24.3 Å². The van der Waals surface area contributed by atoms with Crippen LogP contribution in [0.4, 0.5) is 22.9 Å². The normalized spacial score (nSPS) is 21.3. The second-order valence-electron chi connectivity index (χ2n) is 7.74. The van der Waals surface area contributed by atoms with E-state index in [2.05, 4.69) is 21.3 Å². The van der Waals surface area contributed by atoms with Crippen molar-refractivity contribution in [3.8, 4) is 0 Å². The van der Waals surface area contributed by atoms with Gasteiger partial charge in [-0.2, -0.15) is 0 Å². The zero-order chi connectivity index (χ0) is 20.5. The molecule has 2 fully saturated rings. The van der Waals surface area contributed by atoms with Gasteiger partial charge in [0.05, 0.1) is 31.1 Å². The molecule has 0 aliphatic carbocycles. The summed E-state index contributed by atoms with van der Waals surface area (Å²) < 4.78 is 11.1. The third-order valence-corrected chi connectivity index (χ3v) is 5.79. The first-order chi connectivity index (χ1) is 14.7. The Kier molecular flexibility index (Phi) is 5.10. The van der Waals surface area contributed by atoms with Crippen molar-refractivity contribution in [3.05, 3.63) is 42.1 Å². The van der Waals surface area contributed by atoms with Crippen LogP contribution >= 0.6 is 0 Å². The van der Waals surface area contributed by atoms with Crippen LogP contribution in [0.3, 0.4) is 0 Å². The van der Waals surface area contributed by atoms with Gasteiger partial charge in [0.2, 0.25) is 0 Å². The average Bonchev–Trinajstić information content (AvgIpc) is 2.96. The first kappa shape index (κ1) is 19.0. The molecule has 8 heteroatoms. The highest BCUT2D eigenvalue weighted by Crippen LogP contribution is 2.38. The Balaban J connectivity index is 1.52. The molecule has 156 valence electrons. The number of nitrogens with one attached hydrogen (secondary N) is 1. The number of carbonyl (C=O) groups is 2. The van der Waals surface area contributed by atoms with Crippen LogP contribution in [0.5, 0.6) is 0 Å². The van der Waals surface area contributed by atoms with E-state index in [9.17, 15) is 9.59 Å². The number of anilines is 4. The summed E-state index contributed by atoms with van der Waals surface area (Å²) in [6, 6.07) is 9.94. The van der Waals surface area contributed by atoms with Crippen LogP contribution in [0.2, 0.25) is 0 Å². The molecular formula is C22H24N4O4. The number of rotatable bonds is 2. The Morgan fingerprint density at radius 3 is 2.87 bits per heavy atom. The number of hydrogen-bond donors (Lipinski definition) is 1. The van der Waals surface area contributed by atoms with E-state index < -0.39 is 6.10 Å². The summed E-state index contributed by atoms with van der Waals surface area (Å²) in [5, 5.41) is 3.38. The lowest BCUT2D eigenvalue weighted by molar-refractivity contribution is -0.141. The molecule has 30 heavy (non-hydrogen) atoms. The SMILES string of the molecule is O=C1CCC(C(=O)N2Cc3cccnc3Nc3ccc(N4CCOCC4)cc32)OC1. The van der Waals surface area contributed by atoms with Crippen LogP contribution in [0.1, 0.15) is 18.4 Å². The lowest BCUT2D eigenvalue weighted by Gasteiger charge is -2.32. The number of hydrogen-bond acceptors (Lipinski definition) is 7. The van der Waals surface area contributed by atoms with Crippen LogP contribution in [-0.4, -0.2) is 55.7 Å². The molecule has 2 saturated heterocycles. The number of carbonyl (C=O) groups excluding carboxylic acids is 2. The maximum absolute atomic E-state index is 13.5. The Hall–Kier alpha value is -2.97. The average molecular weight is 408 g/mol. The van der Waals surface area contributed by atoms with Crippen molar-refractivity contribution in [2.45, 2.75) is 25.5 Å². The summed E-state index contributed by atoms with van der Waals surface area (Å²) in [5.74, 6) is 0.662. The maximum atomic E-state index is 13.5.